The van der Waals surface area contributed by atoms with Gasteiger partial charge in [0.2, 0.25) is 0 Å². The van der Waals surface area contributed by atoms with Gasteiger partial charge in [-0.05, 0) is 13.8 Å². The van der Waals surface area contributed by atoms with E-state index in [0.29, 0.717) is 17.9 Å². The van der Waals surface area contributed by atoms with Crippen LogP contribution in [0.15, 0.2) is 12.7 Å². The zero-order valence-electron chi connectivity index (χ0n) is 8.81. The summed E-state index contributed by atoms with van der Waals surface area (Å²) in [5.74, 6) is 0.395. The van der Waals surface area contributed by atoms with E-state index in [2.05, 4.69) is 15.0 Å². The van der Waals surface area contributed by atoms with E-state index in [1.807, 2.05) is 18.4 Å². The summed E-state index contributed by atoms with van der Waals surface area (Å²) in [5.41, 5.74) is 12.5. The third-order valence-electron chi connectivity index (χ3n) is 2.51. The van der Waals surface area contributed by atoms with Gasteiger partial charge in [0.05, 0.1) is 11.9 Å². The number of nitrogen functional groups attached to an aromatic ring is 1. The third-order valence-corrected chi connectivity index (χ3v) is 2.51. The Hall–Kier alpha value is -1.69. The van der Waals surface area contributed by atoms with Gasteiger partial charge in [0.15, 0.2) is 11.5 Å². The van der Waals surface area contributed by atoms with Crippen LogP contribution in [0.2, 0.25) is 0 Å². The Balaban J connectivity index is 2.69. The topological polar surface area (TPSA) is 95.6 Å². The standard InChI is InChI=1S/C9H14N6/c1-9(2,3-10)15-5-14-6-7(11)12-4-13-8(6)15/h4-5H,3,10H2,1-2H3,(H2,11,12,13). The van der Waals surface area contributed by atoms with Crippen LogP contribution in [-0.2, 0) is 5.54 Å². The molecule has 0 aliphatic heterocycles. The first-order valence-corrected chi connectivity index (χ1v) is 4.70. The van der Waals surface area contributed by atoms with Crippen LogP contribution >= 0.6 is 0 Å². The molecular weight excluding hydrogens is 192 g/mol. The first-order chi connectivity index (χ1) is 7.06. The first kappa shape index (κ1) is 9.85. The van der Waals surface area contributed by atoms with Gasteiger partial charge in [-0.2, -0.15) is 0 Å². The van der Waals surface area contributed by atoms with E-state index >= 15 is 0 Å². The van der Waals surface area contributed by atoms with Crippen LogP contribution in [0.1, 0.15) is 13.8 Å². The maximum Gasteiger partial charge on any atom is 0.165 e. The Morgan fingerprint density at radius 2 is 2.07 bits per heavy atom. The van der Waals surface area contributed by atoms with Crippen molar-refractivity contribution in [2.75, 3.05) is 12.3 Å². The first-order valence-electron chi connectivity index (χ1n) is 4.70. The summed E-state index contributed by atoms with van der Waals surface area (Å²) >= 11 is 0. The van der Waals surface area contributed by atoms with E-state index in [0.717, 1.165) is 5.65 Å². The van der Waals surface area contributed by atoms with Gasteiger partial charge in [0.1, 0.15) is 11.8 Å². The van der Waals surface area contributed by atoms with Gasteiger partial charge >= 0.3 is 0 Å². The quantitative estimate of drug-likeness (QED) is 0.726. The van der Waals surface area contributed by atoms with Gasteiger partial charge in [0.25, 0.3) is 0 Å². The van der Waals surface area contributed by atoms with E-state index in [1.165, 1.54) is 6.33 Å². The number of nitrogens with two attached hydrogens (primary N) is 2. The van der Waals surface area contributed by atoms with Crippen LogP contribution in [0.3, 0.4) is 0 Å². The van der Waals surface area contributed by atoms with Crippen molar-refractivity contribution in [2.45, 2.75) is 19.4 Å². The number of fused-ring (bicyclic) bond motifs is 1. The maximum atomic E-state index is 5.70. The Bertz CT molecular complexity index is 486. The lowest BCUT2D eigenvalue weighted by atomic mass is 10.1. The molecule has 0 saturated carbocycles. The lowest BCUT2D eigenvalue weighted by molar-refractivity contribution is 0.375. The fourth-order valence-corrected chi connectivity index (χ4v) is 1.39. The molecule has 6 nitrogen and oxygen atoms in total. The van der Waals surface area contributed by atoms with Crippen LogP contribution in [0.5, 0.6) is 0 Å². The number of aromatic nitrogens is 4. The van der Waals surface area contributed by atoms with E-state index < -0.39 is 0 Å². The van der Waals surface area contributed by atoms with Gasteiger partial charge in [-0.3, -0.25) is 0 Å². The third kappa shape index (κ3) is 1.42. The molecule has 2 aromatic heterocycles. The molecule has 0 spiro atoms. The molecule has 6 heteroatoms. The molecule has 2 rings (SSSR count). The lowest BCUT2D eigenvalue weighted by Gasteiger charge is -2.24. The molecule has 2 aromatic rings. The largest absolute Gasteiger partial charge is 0.382 e. The summed E-state index contributed by atoms with van der Waals surface area (Å²) in [6.07, 6.45) is 3.13. The molecule has 4 N–H and O–H groups in total. The van der Waals surface area contributed by atoms with Crippen molar-refractivity contribution in [3.05, 3.63) is 12.7 Å². The second-order valence-corrected chi connectivity index (χ2v) is 4.06. The molecule has 0 atom stereocenters. The van der Waals surface area contributed by atoms with Crippen LogP contribution in [0.25, 0.3) is 11.2 Å². The van der Waals surface area contributed by atoms with E-state index in [9.17, 15) is 0 Å². The summed E-state index contributed by atoms with van der Waals surface area (Å²) in [5, 5.41) is 0. The zero-order chi connectivity index (χ0) is 11.1. The molecule has 80 valence electrons. The predicted octanol–water partition coefficient (Wildman–Crippen LogP) is 0.102. The van der Waals surface area contributed by atoms with Crippen molar-refractivity contribution >= 4 is 17.0 Å². The van der Waals surface area contributed by atoms with Crippen LogP contribution in [0, 0.1) is 0 Å². The van der Waals surface area contributed by atoms with Gasteiger partial charge < -0.3 is 16.0 Å². The Labute approximate surface area is 87.3 Å². The van der Waals surface area contributed by atoms with Gasteiger partial charge in [-0.25, -0.2) is 15.0 Å². The molecule has 0 amide bonds. The van der Waals surface area contributed by atoms with E-state index in [4.69, 9.17) is 11.5 Å². The predicted molar refractivity (Wildman–Crippen MR) is 58.1 cm³/mol. The molecule has 0 fully saturated rings. The molecule has 0 aliphatic carbocycles. The minimum Gasteiger partial charge on any atom is -0.382 e. The Morgan fingerprint density at radius 1 is 1.33 bits per heavy atom. The number of hydrogen-bond acceptors (Lipinski definition) is 5. The summed E-state index contributed by atoms with van der Waals surface area (Å²) in [4.78, 5) is 12.2. The van der Waals surface area contributed by atoms with Crippen molar-refractivity contribution in [3.8, 4) is 0 Å². The average molecular weight is 206 g/mol. The molecule has 0 aliphatic rings. The highest BCUT2D eigenvalue weighted by molar-refractivity contribution is 5.81. The SMILES string of the molecule is CC(C)(CN)n1cnc2c(N)ncnc21. The molecule has 0 bridgehead atoms. The fourth-order valence-electron chi connectivity index (χ4n) is 1.39. The van der Waals surface area contributed by atoms with E-state index in [1.54, 1.807) is 6.33 Å². The molecule has 0 saturated heterocycles. The van der Waals surface area contributed by atoms with Crippen LogP contribution in [-0.4, -0.2) is 26.1 Å². The van der Waals surface area contributed by atoms with Gasteiger partial charge in [0, 0.05) is 6.54 Å². The van der Waals surface area contributed by atoms with Gasteiger partial charge in [-0.15, -0.1) is 0 Å². The van der Waals surface area contributed by atoms with Gasteiger partial charge in [-0.1, -0.05) is 0 Å². The Kier molecular flexibility index (Phi) is 2.08. The highest BCUT2D eigenvalue weighted by atomic mass is 15.2. The molecule has 2 heterocycles. The molecule has 0 aromatic carbocycles. The Morgan fingerprint density at radius 3 is 2.73 bits per heavy atom. The van der Waals surface area contributed by atoms with Crippen LogP contribution in [0.4, 0.5) is 5.82 Å². The lowest BCUT2D eigenvalue weighted by Crippen LogP contribution is -2.34. The molecule has 0 unspecified atom stereocenters. The molecule has 0 radical (unpaired) electrons. The van der Waals surface area contributed by atoms with Crippen molar-refractivity contribution < 1.29 is 0 Å². The molecular formula is C9H14N6. The van der Waals surface area contributed by atoms with Crippen molar-refractivity contribution in [1.82, 2.24) is 19.5 Å². The second kappa shape index (κ2) is 3.16. The minimum atomic E-state index is -0.227. The highest BCUT2D eigenvalue weighted by Crippen LogP contribution is 2.21. The summed E-state index contributed by atoms with van der Waals surface area (Å²) in [6.45, 7) is 4.54. The number of rotatable bonds is 2. The number of hydrogen-bond donors (Lipinski definition) is 2. The van der Waals surface area contributed by atoms with Crippen LogP contribution < -0.4 is 11.5 Å². The summed E-state index contributed by atoms with van der Waals surface area (Å²) in [7, 11) is 0. The monoisotopic (exact) mass is 206 g/mol. The van der Waals surface area contributed by atoms with Crippen molar-refractivity contribution in [2.24, 2.45) is 5.73 Å². The number of imidazole rings is 1. The smallest absolute Gasteiger partial charge is 0.165 e. The van der Waals surface area contributed by atoms with Crippen molar-refractivity contribution in [3.63, 3.8) is 0 Å². The number of nitrogens with zero attached hydrogens (tertiary/aromatic N) is 4. The fraction of sp³-hybridized carbons (Fsp3) is 0.444. The zero-order valence-corrected chi connectivity index (χ0v) is 8.81. The second-order valence-electron chi connectivity index (χ2n) is 4.06. The van der Waals surface area contributed by atoms with E-state index in [-0.39, 0.29) is 5.54 Å². The molecule has 15 heavy (non-hydrogen) atoms. The normalized spacial score (nSPS) is 12.2. The maximum absolute atomic E-state index is 5.70. The minimum absolute atomic E-state index is 0.227. The highest BCUT2D eigenvalue weighted by Gasteiger charge is 2.21. The van der Waals surface area contributed by atoms with Crippen molar-refractivity contribution in [1.29, 1.82) is 0 Å². The average Bonchev–Trinajstić information content (AvgIpc) is 2.63. The summed E-state index contributed by atoms with van der Waals surface area (Å²) in [6, 6.07) is 0. The number of anilines is 1. The summed E-state index contributed by atoms with van der Waals surface area (Å²) < 4.78 is 1.92.